The standard InChI is InChI=1S/C9H14O2/c1-3-4-5-8(2)6-7-9(10)11/h3,5H,1,4,6-7H2,2H3,(H,10,11)/b8-5+. The second-order valence-corrected chi connectivity index (χ2v) is 2.47. The summed E-state index contributed by atoms with van der Waals surface area (Å²) in [4.78, 5) is 10.1. The van der Waals surface area contributed by atoms with Crippen LogP contribution in [0.15, 0.2) is 24.3 Å². The van der Waals surface area contributed by atoms with Crippen molar-refractivity contribution in [1.82, 2.24) is 0 Å². The molecule has 2 heteroatoms. The summed E-state index contributed by atoms with van der Waals surface area (Å²) in [6.07, 6.45) is 5.48. The molecule has 0 atom stereocenters. The molecule has 0 amide bonds. The second kappa shape index (κ2) is 5.71. The molecule has 0 radical (unpaired) electrons. The summed E-state index contributed by atoms with van der Waals surface area (Å²) < 4.78 is 0. The van der Waals surface area contributed by atoms with Crippen molar-refractivity contribution in [2.75, 3.05) is 0 Å². The lowest BCUT2D eigenvalue weighted by Crippen LogP contribution is -1.93. The molecule has 0 saturated carbocycles. The summed E-state index contributed by atoms with van der Waals surface area (Å²) in [6, 6.07) is 0. The van der Waals surface area contributed by atoms with E-state index in [1.165, 1.54) is 0 Å². The van der Waals surface area contributed by atoms with Gasteiger partial charge in [0.2, 0.25) is 0 Å². The molecule has 0 aliphatic rings. The van der Waals surface area contributed by atoms with Crippen LogP contribution in [-0.2, 0) is 4.79 Å². The van der Waals surface area contributed by atoms with E-state index in [4.69, 9.17) is 5.11 Å². The number of hydrogen-bond acceptors (Lipinski definition) is 1. The molecule has 0 bridgehead atoms. The Hall–Kier alpha value is -1.05. The quantitative estimate of drug-likeness (QED) is 0.617. The van der Waals surface area contributed by atoms with Crippen LogP contribution in [0, 0.1) is 0 Å². The minimum atomic E-state index is -0.739. The van der Waals surface area contributed by atoms with Gasteiger partial charge in [-0.2, -0.15) is 0 Å². The van der Waals surface area contributed by atoms with E-state index in [-0.39, 0.29) is 6.42 Å². The van der Waals surface area contributed by atoms with Crippen LogP contribution >= 0.6 is 0 Å². The minimum Gasteiger partial charge on any atom is -0.481 e. The van der Waals surface area contributed by atoms with Gasteiger partial charge in [-0.05, 0) is 19.8 Å². The fraction of sp³-hybridized carbons (Fsp3) is 0.444. The first-order valence-electron chi connectivity index (χ1n) is 3.65. The molecule has 11 heavy (non-hydrogen) atoms. The van der Waals surface area contributed by atoms with Crippen LogP contribution < -0.4 is 0 Å². The van der Waals surface area contributed by atoms with Crippen LogP contribution in [0.5, 0.6) is 0 Å². The smallest absolute Gasteiger partial charge is 0.303 e. The molecule has 0 aliphatic carbocycles. The number of carboxylic acid groups (broad SMARTS) is 1. The van der Waals surface area contributed by atoms with Crippen LogP contribution in [0.2, 0.25) is 0 Å². The van der Waals surface area contributed by atoms with Gasteiger partial charge in [0.1, 0.15) is 0 Å². The maximum absolute atomic E-state index is 10.1. The van der Waals surface area contributed by atoms with E-state index in [0.29, 0.717) is 6.42 Å². The van der Waals surface area contributed by atoms with Crippen LogP contribution in [0.1, 0.15) is 26.2 Å². The van der Waals surface area contributed by atoms with Gasteiger partial charge < -0.3 is 5.11 Å². The van der Waals surface area contributed by atoms with Crippen molar-refractivity contribution in [2.45, 2.75) is 26.2 Å². The zero-order valence-corrected chi connectivity index (χ0v) is 6.84. The lowest BCUT2D eigenvalue weighted by atomic mass is 10.1. The number of allylic oxidation sites excluding steroid dienone is 3. The van der Waals surface area contributed by atoms with Gasteiger partial charge in [0.05, 0.1) is 0 Å². The Morgan fingerprint density at radius 3 is 2.64 bits per heavy atom. The summed E-state index contributed by atoms with van der Waals surface area (Å²) in [5.41, 5.74) is 1.12. The van der Waals surface area contributed by atoms with E-state index in [9.17, 15) is 4.79 Å². The Morgan fingerprint density at radius 2 is 2.18 bits per heavy atom. The topological polar surface area (TPSA) is 37.3 Å². The van der Waals surface area contributed by atoms with E-state index in [1.807, 2.05) is 13.0 Å². The van der Waals surface area contributed by atoms with Crippen LogP contribution in [0.25, 0.3) is 0 Å². The molecule has 1 N–H and O–H groups in total. The molecule has 0 unspecified atom stereocenters. The maximum Gasteiger partial charge on any atom is 0.303 e. The Morgan fingerprint density at radius 1 is 1.55 bits per heavy atom. The van der Waals surface area contributed by atoms with E-state index < -0.39 is 5.97 Å². The monoisotopic (exact) mass is 154 g/mol. The van der Waals surface area contributed by atoms with E-state index in [2.05, 4.69) is 6.58 Å². The summed E-state index contributed by atoms with van der Waals surface area (Å²) in [7, 11) is 0. The average molecular weight is 154 g/mol. The number of carboxylic acids is 1. The molecule has 0 aromatic rings. The minimum absolute atomic E-state index is 0.222. The highest BCUT2D eigenvalue weighted by Gasteiger charge is 1.95. The Labute approximate surface area is 67.2 Å². The molecule has 0 fully saturated rings. The maximum atomic E-state index is 10.1. The summed E-state index contributed by atoms with van der Waals surface area (Å²) in [6.45, 7) is 5.50. The highest BCUT2D eigenvalue weighted by Crippen LogP contribution is 2.04. The van der Waals surface area contributed by atoms with Crippen molar-refractivity contribution in [3.63, 3.8) is 0 Å². The van der Waals surface area contributed by atoms with E-state index in [1.54, 1.807) is 6.08 Å². The molecule has 0 aromatic carbocycles. The molecular weight excluding hydrogens is 140 g/mol. The zero-order valence-electron chi connectivity index (χ0n) is 6.84. The Balaban J connectivity index is 3.58. The van der Waals surface area contributed by atoms with Gasteiger partial charge in [-0.15, -0.1) is 6.58 Å². The van der Waals surface area contributed by atoms with Crippen molar-refractivity contribution in [2.24, 2.45) is 0 Å². The summed E-state index contributed by atoms with van der Waals surface area (Å²) in [5.74, 6) is -0.739. The van der Waals surface area contributed by atoms with Gasteiger partial charge in [0.25, 0.3) is 0 Å². The predicted octanol–water partition coefficient (Wildman–Crippen LogP) is 2.37. The average Bonchev–Trinajstić information content (AvgIpc) is 1.97. The van der Waals surface area contributed by atoms with E-state index in [0.717, 1.165) is 12.0 Å². The lowest BCUT2D eigenvalue weighted by Gasteiger charge is -1.95. The third-order valence-corrected chi connectivity index (χ3v) is 1.37. The van der Waals surface area contributed by atoms with Crippen LogP contribution in [-0.4, -0.2) is 11.1 Å². The van der Waals surface area contributed by atoms with Crippen molar-refractivity contribution in [1.29, 1.82) is 0 Å². The first-order valence-corrected chi connectivity index (χ1v) is 3.65. The van der Waals surface area contributed by atoms with Crippen molar-refractivity contribution < 1.29 is 9.90 Å². The molecular formula is C9H14O2. The van der Waals surface area contributed by atoms with Crippen molar-refractivity contribution in [3.8, 4) is 0 Å². The SMILES string of the molecule is C=CC/C=C(\C)CCC(=O)O. The zero-order chi connectivity index (χ0) is 8.69. The van der Waals surface area contributed by atoms with Gasteiger partial charge in [-0.25, -0.2) is 0 Å². The summed E-state index contributed by atoms with van der Waals surface area (Å²) in [5, 5.41) is 8.34. The highest BCUT2D eigenvalue weighted by atomic mass is 16.4. The molecule has 0 rings (SSSR count). The molecule has 2 nitrogen and oxygen atoms in total. The molecule has 0 aliphatic heterocycles. The van der Waals surface area contributed by atoms with Gasteiger partial charge in [0, 0.05) is 6.42 Å². The number of rotatable bonds is 5. The van der Waals surface area contributed by atoms with Crippen LogP contribution in [0.4, 0.5) is 0 Å². The second-order valence-electron chi connectivity index (χ2n) is 2.47. The molecule has 0 saturated heterocycles. The predicted molar refractivity (Wildman–Crippen MR) is 45.4 cm³/mol. The Kier molecular flexibility index (Phi) is 5.17. The first kappa shape index (κ1) is 9.95. The number of hydrogen-bond donors (Lipinski definition) is 1. The third-order valence-electron chi connectivity index (χ3n) is 1.37. The van der Waals surface area contributed by atoms with Gasteiger partial charge >= 0.3 is 5.97 Å². The van der Waals surface area contributed by atoms with Crippen molar-refractivity contribution >= 4 is 5.97 Å². The molecule has 0 spiro atoms. The van der Waals surface area contributed by atoms with Gasteiger partial charge in [-0.3, -0.25) is 4.79 Å². The summed E-state index contributed by atoms with van der Waals surface area (Å²) >= 11 is 0. The van der Waals surface area contributed by atoms with Crippen molar-refractivity contribution in [3.05, 3.63) is 24.3 Å². The normalized spacial score (nSPS) is 11.2. The number of carbonyl (C=O) groups is 1. The van der Waals surface area contributed by atoms with Gasteiger partial charge in [-0.1, -0.05) is 17.7 Å². The highest BCUT2D eigenvalue weighted by molar-refractivity contribution is 5.66. The Bertz CT molecular complexity index is 168. The molecule has 0 heterocycles. The fourth-order valence-corrected chi connectivity index (χ4v) is 0.691. The van der Waals surface area contributed by atoms with Crippen LogP contribution in [0.3, 0.4) is 0 Å². The molecule has 62 valence electrons. The van der Waals surface area contributed by atoms with E-state index >= 15 is 0 Å². The van der Waals surface area contributed by atoms with Gasteiger partial charge in [0.15, 0.2) is 0 Å². The lowest BCUT2D eigenvalue weighted by molar-refractivity contribution is -0.136. The largest absolute Gasteiger partial charge is 0.481 e. The molecule has 0 aromatic heterocycles. The fourth-order valence-electron chi connectivity index (χ4n) is 0.691. The first-order chi connectivity index (χ1) is 5.16. The third kappa shape index (κ3) is 6.84. The number of aliphatic carboxylic acids is 1.